The number of hydrogen-bond acceptors (Lipinski definition) is 4. The summed E-state index contributed by atoms with van der Waals surface area (Å²) in [6.07, 6.45) is -0.0162. The largest absolute Gasteiger partial charge is 0.457 e. The highest BCUT2D eigenvalue weighted by Gasteiger charge is 2.26. The van der Waals surface area contributed by atoms with Crippen LogP contribution in [0.4, 0.5) is 0 Å². The van der Waals surface area contributed by atoms with Gasteiger partial charge in [0.1, 0.15) is 12.7 Å². The zero-order valence-electron chi connectivity index (χ0n) is 8.01. The maximum absolute atomic E-state index is 11.5. The third-order valence-electron chi connectivity index (χ3n) is 2.02. The Hall–Kier alpha value is -1.68. The Morgan fingerprint density at radius 3 is 2.60 bits per heavy atom. The topological polar surface area (TPSA) is 55.9 Å². The van der Waals surface area contributed by atoms with Gasteiger partial charge in [-0.05, 0) is 0 Å². The summed E-state index contributed by atoms with van der Waals surface area (Å²) in [5.74, 6) is -1.44. The van der Waals surface area contributed by atoms with Crippen molar-refractivity contribution in [1.29, 1.82) is 0 Å². The lowest BCUT2D eigenvalue weighted by Crippen LogP contribution is -2.19. The molecule has 0 bridgehead atoms. The Morgan fingerprint density at radius 2 is 2.00 bits per heavy atom. The number of carbonyl (C=O) groups excluding carboxylic acids is 2. The van der Waals surface area contributed by atoms with Crippen molar-refractivity contribution in [1.82, 2.24) is 0 Å². The third kappa shape index (κ3) is 2.63. The van der Waals surface area contributed by atoms with Gasteiger partial charge in [-0.15, -0.1) is 0 Å². The van der Waals surface area contributed by atoms with Crippen molar-refractivity contribution in [3.8, 4) is 0 Å². The first kappa shape index (κ1) is 9.86. The van der Waals surface area contributed by atoms with E-state index in [1.807, 2.05) is 0 Å². The molecular weight excluding hydrogens is 196 g/mol. The first-order chi connectivity index (χ1) is 7.27. The molecule has 78 valence electrons. The highest BCUT2D eigenvalue weighted by atomic mass is 16.6. The molecule has 1 aromatic rings. The quantitative estimate of drug-likeness (QED) is 0.316. The maximum atomic E-state index is 11.5. The van der Waals surface area contributed by atoms with E-state index in [2.05, 4.69) is 0 Å². The zero-order valence-corrected chi connectivity index (χ0v) is 8.01. The summed E-state index contributed by atoms with van der Waals surface area (Å²) in [6, 6.07) is 8.34. The highest BCUT2D eigenvalue weighted by molar-refractivity contribution is 6.40. The van der Waals surface area contributed by atoms with Crippen LogP contribution in [-0.4, -0.2) is 31.1 Å². The van der Waals surface area contributed by atoms with Gasteiger partial charge in [0.05, 0.1) is 6.61 Å². The van der Waals surface area contributed by atoms with Gasteiger partial charge in [-0.2, -0.15) is 0 Å². The number of epoxide rings is 1. The van der Waals surface area contributed by atoms with Crippen molar-refractivity contribution in [3.63, 3.8) is 0 Å². The Bertz CT molecular complexity index is 367. The molecule has 0 aromatic heterocycles. The van der Waals surface area contributed by atoms with Gasteiger partial charge in [0.15, 0.2) is 0 Å². The van der Waals surface area contributed by atoms with Gasteiger partial charge < -0.3 is 9.47 Å². The summed E-state index contributed by atoms with van der Waals surface area (Å²) in [4.78, 5) is 22.7. The second-order valence-corrected chi connectivity index (χ2v) is 3.25. The van der Waals surface area contributed by atoms with Crippen LogP contribution >= 0.6 is 0 Å². The fraction of sp³-hybridized carbons (Fsp3) is 0.273. The smallest absolute Gasteiger partial charge is 0.379 e. The van der Waals surface area contributed by atoms with E-state index in [1.54, 1.807) is 30.3 Å². The van der Waals surface area contributed by atoms with Crippen LogP contribution in [0.1, 0.15) is 10.4 Å². The van der Waals surface area contributed by atoms with Crippen LogP contribution in [0.25, 0.3) is 0 Å². The van der Waals surface area contributed by atoms with Gasteiger partial charge in [0.2, 0.25) is 0 Å². The van der Waals surface area contributed by atoms with E-state index in [-0.39, 0.29) is 12.7 Å². The molecule has 1 unspecified atom stereocenters. The molecule has 1 aliphatic rings. The average Bonchev–Trinajstić information content (AvgIpc) is 3.10. The van der Waals surface area contributed by atoms with E-state index in [4.69, 9.17) is 9.47 Å². The molecule has 1 atom stereocenters. The molecule has 15 heavy (non-hydrogen) atoms. The fourth-order valence-electron chi connectivity index (χ4n) is 1.11. The van der Waals surface area contributed by atoms with E-state index in [9.17, 15) is 9.59 Å². The van der Waals surface area contributed by atoms with Crippen molar-refractivity contribution in [2.75, 3.05) is 13.2 Å². The van der Waals surface area contributed by atoms with Crippen LogP contribution in [0.3, 0.4) is 0 Å². The van der Waals surface area contributed by atoms with Gasteiger partial charge in [-0.1, -0.05) is 30.3 Å². The molecule has 1 heterocycles. The van der Waals surface area contributed by atoms with Crippen LogP contribution in [0.5, 0.6) is 0 Å². The second kappa shape index (κ2) is 4.23. The Balaban J connectivity index is 1.91. The standard InChI is InChI=1S/C11H10O4/c12-10(8-4-2-1-3-5-8)11(13)15-7-9-6-14-9/h1-5,9H,6-7H2. The van der Waals surface area contributed by atoms with Crippen LogP contribution in [0, 0.1) is 0 Å². The molecule has 0 amide bonds. The summed E-state index contributed by atoms with van der Waals surface area (Å²) < 4.78 is 9.62. The number of hydrogen-bond donors (Lipinski definition) is 0. The van der Waals surface area contributed by atoms with Gasteiger partial charge in [0, 0.05) is 5.56 Å². The van der Waals surface area contributed by atoms with E-state index >= 15 is 0 Å². The minimum Gasteiger partial charge on any atom is -0.457 e. The van der Waals surface area contributed by atoms with E-state index in [0.29, 0.717) is 12.2 Å². The summed E-state index contributed by atoms with van der Waals surface area (Å²) in [5.41, 5.74) is 0.346. The Morgan fingerprint density at radius 1 is 1.33 bits per heavy atom. The van der Waals surface area contributed by atoms with Gasteiger partial charge in [-0.3, -0.25) is 4.79 Å². The van der Waals surface area contributed by atoms with Crippen molar-refractivity contribution in [3.05, 3.63) is 35.9 Å². The molecule has 0 radical (unpaired) electrons. The first-order valence-corrected chi connectivity index (χ1v) is 4.65. The minimum atomic E-state index is -0.822. The Labute approximate surface area is 86.8 Å². The lowest BCUT2D eigenvalue weighted by molar-refractivity contribution is -0.138. The molecule has 1 aliphatic heterocycles. The lowest BCUT2D eigenvalue weighted by Gasteiger charge is -2.01. The van der Waals surface area contributed by atoms with E-state index in [1.165, 1.54) is 0 Å². The van der Waals surface area contributed by atoms with Crippen molar-refractivity contribution in [2.45, 2.75) is 6.10 Å². The van der Waals surface area contributed by atoms with Gasteiger partial charge in [0.25, 0.3) is 5.78 Å². The predicted octanol–water partition coefficient (Wildman–Crippen LogP) is 0.811. The Kier molecular flexibility index (Phi) is 2.78. The number of carbonyl (C=O) groups is 2. The van der Waals surface area contributed by atoms with Crippen LogP contribution in [-0.2, 0) is 14.3 Å². The van der Waals surface area contributed by atoms with Crippen LogP contribution in [0.15, 0.2) is 30.3 Å². The molecule has 0 aliphatic carbocycles. The molecule has 1 fully saturated rings. The van der Waals surface area contributed by atoms with Crippen molar-refractivity contribution >= 4 is 11.8 Å². The third-order valence-corrected chi connectivity index (χ3v) is 2.02. The van der Waals surface area contributed by atoms with Gasteiger partial charge >= 0.3 is 5.97 Å². The molecule has 0 saturated carbocycles. The lowest BCUT2D eigenvalue weighted by atomic mass is 10.1. The number of rotatable bonds is 4. The van der Waals surface area contributed by atoms with Gasteiger partial charge in [-0.25, -0.2) is 4.79 Å². The first-order valence-electron chi connectivity index (χ1n) is 4.65. The molecule has 4 nitrogen and oxygen atoms in total. The van der Waals surface area contributed by atoms with Crippen LogP contribution < -0.4 is 0 Å². The summed E-state index contributed by atoms with van der Waals surface area (Å²) in [6.45, 7) is 0.768. The summed E-state index contributed by atoms with van der Waals surface area (Å²) in [7, 11) is 0. The molecule has 1 aromatic carbocycles. The van der Waals surface area contributed by atoms with Crippen molar-refractivity contribution in [2.24, 2.45) is 0 Å². The number of benzene rings is 1. The highest BCUT2D eigenvalue weighted by Crippen LogP contribution is 2.09. The molecule has 0 spiro atoms. The summed E-state index contributed by atoms with van der Waals surface area (Å²) in [5, 5.41) is 0. The fourth-order valence-corrected chi connectivity index (χ4v) is 1.11. The van der Waals surface area contributed by atoms with E-state index in [0.717, 1.165) is 0 Å². The zero-order chi connectivity index (χ0) is 10.7. The number of ketones is 1. The SMILES string of the molecule is O=C(OCC1CO1)C(=O)c1ccccc1. The van der Waals surface area contributed by atoms with Crippen molar-refractivity contribution < 1.29 is 19.1 Å². The average molecular weight is 206 g/mol. The molecule has 1 saturated heterocycles. The van der Waals surface area contributed by atoms with Crippen LogP contribution in [0.2, 0.25) is 0 Å². The predicted molar refractivity (Wildman–Crippen MR) is 51.5 cm³/mol. The molecule has 2 rings (SSSR count). The second-order valence-electron chi connectivity index (χ2n) is 3.25. The minimum absolute atomic E-state index is 0.0162. The van der Waals surface area contributed by atoms with E-state index < -0.39 is 11.8 Å². The number of ether oxygens (including phenoxy) is 2. The monoisotopic (exact) mass is 206 g/mol. The molecular formula is C11H10O4. The maximum Gasteiger partial charge on any atom is 0.379 e. The summed E-state index contributed by atoms with van der Waals surface area (Å²) >= 11 is 0. The molecule has 0 N–H and O–H groups in total. The molecule has 4 heteroatoms. The number of esters is 1. The normalized spacial score (nSPS) is 18.3. The number of Topliss-reactive ketones (excluding diaryl/α,β-unsaturated/α-hetero) is 1.